The van der Waals surface area contributed by atoms with Crippen LogP contribution in [0.25, 0.3) is 0 Å². The molecule has 3 aromatic rings. The molecular formula is C23H21Cl2FN2O6S. The Hall–Kier alpha value is -3.05. The zero-order valence-electron chi connectivity index (χ0n) is 18.5. The van der Waals surface area contributed by atoms with Crippen molar-refractivity contribution >= 4 is 44.8 Å². The van der Waals surface area contributed by atoms with Crippen LogP contribution in [0.15, 0.2) is 59.5 Å². The first kappa shape index (κ1) is 26.6. The van der Waals surface area contributed by atoms with Gasteiger partial charge in [0.25, 0.3) is 10.0 Å². The Morgan fingerprint density at radius 2 is 1.60 bits per heavy atom. The van der Waals surface area contributed by atoms with E-state index in [1.54, 1.807) is 0 Å². The van der Waals surface area contributed by atoms with Gasteiger partial charge in [-0.1, -0.05) is 23.2 Å². The van der Waals surface area contributed by atoms with Gasteiger partial charge in [-0.3, -0.25) is 9.10 Å². The predicted octanol–water partition coefficient (Wildman–Crippen LogP) is 3.91. The first-order valence-electron chi connectivity index (χ1n) is 9.95. The second-order valence-electron chi connectivity index (χ2n) is 7.27. The minimum atomic E-state index is -4.45. The van der Waals surface area contributed by atoms with Crippen LogP contribution in [0.2, 0.25) is 10.0 Å². The van der Waals surface area contributed by atoms with E-state index in [0.717, 1.165) is 6.07 Å². The Labute approximate surface area is 211 Å². The molecule has 0 radical (unpaired) electrons. The van der Waals surface area contributed by atoms with Crippen LogP contribution < -0.4 is 19.5 Å². The average molecular weight is 543 g/mol. The number of nitrogens with two attached hydrogens (primary N) is 1. The van der Waals surface area contributed by atoms with Gasteiger partial charge in [0.1, 0.15) is 18.5 Å². The molecule has 0 saturated heterocycles. The van der Waals surface area contributed by atoms with E-state index in [2.05, 4.69) is 0 Å². The maximum absolute atomic E-state index is 14.5. The largest absolute Gasteiger partial charge is 0.493 e. The monoisotopic (exact) mass is 542 g/mol. The number of primary amides is 1. The fourth-order valence-corrected chi connectivity index (χ4v) is 5.24. The van der Waals surface area contributed by atoms with Gasteiger partial charge in [0.2, 0.25) is 5.91 Å². The molecule has 1 unspecified atom stereocenters. The van der Waals surface area contributed by atoms with Crippen molar-refractivity contribution < 1.29 is 32.2 Å². The summed E-state index contributed by atoms with van der Waals surface area (Å²) in [7, 11) is -1.73. The number of nitrogens with zero attached hydrogens (tertiary/aromatic N) is 1. The molecule has 0 spiro atoms. The van der Waals surface area contributed by atoms with Gasteiger partial charge in [0.05, 0.1) is 24.8 Å². The van der Waals surface area contributed by atoms with Gasteiger partial charge in [-0.2, -0.15) is 0 Å². The molecule has 0 aliphatic carbocycles. The van der Waals surface area contributed by atoms with E-state index in [-0.39, 0.29) is 43.3 Å². The second-order valence-corrected chi connectivity index (χ2v) is 10.0. The molecule has 1 amide bonds. The van der Waals surface area contributed by atoms with Crippen LogP contribution in [0.4, 0.5) is 10.1 Å². The molecule has 3 aromatic carbocycles. The zero-order valence-corrected chi connectivity index (χ0v) is 20.9. The minimum absolute atomic E-state index is 0.0935. The molecule has 0 aromatic heterocycles. The summed E-state index contributed by atoms with van der Waals surface area (Å²) in [5.74, 6) is -1.34. The quantitative estimate of drug-likeness (QED) is 0.423. The number of benzene rings is 3. The summed E-state index contributed by atoms with van der Waals surface area (Å²) in [5, 5.41) is 11.3. The highest BCUT2D eigenvalue weighted by Crippen LogP contribution is 2.38. The van der Waals surface area contributed by atoms with Crippen LogP contribution in [0, 0.1) is 5.82 Å². The molecule has 0 aliphatic heterocycles. The second kappa shape index (κ2) is 10.7. The number of sulfonamides is 1. The van der Waals surface area contributed by atoms with Crippen molar-refractivity contribution in [3.63, 3.8) is 0 Å². The Morgan fingerprint density at radius 3 is 2.20 bits per heavy atom. The molecule has 0 fully saturated rings. The molecule has 3 rings (SSSR count). The van der Waals surface area contributed by atoms with Crippen molar-refractivity contribution in [3.05, 3.63) is 81.6 Å². The van der Waals surface area contributed by atoms with Crippen LogP contribution in [0.1, 0.15) is 17.2 Å². The van der Waals surface area contributed by atoms with Crippen molar-refractivity contribution in [2.45, 2.75) is 11.0 Å². The minimum Gasteiger partial charge on any atom is -0.493 e. The van der Waals surface area contributed by atoms with Gasteiger partial charge in [0, 0.05) is 27.2 Å². The molecule has 0 heterocycles. The highest BCUT2D eigenvalue weighted by molar-refractivity contribution is 7.92. The Kier molecular flexibility index (Phi) is 8.11. The van der Waals surface area contributed by atoms with Crippen LogP contribution >= 0.6 is 23.2 Å². The third-order valence-corrected chi connectivity index (χ3v) is 7.27. The zero-order chi connectivity index (χ0) is 25.9. The first-order valence-corrected chi connectivity index (χ1v) is 12.1. The van der Waals surface area contributed by atoms with Gasteiger partial charge in [-0.25, -0.2) is 12.8 Å². The SMILES string of the molecule is COc1ccc(S(=O)(=O)N(CC(N)=O)c2ccc(Cl)cc2C(O)c2cc(Cl)ccc2F)cc1OC. The summed E-state index contributed by atoms with van der Waals surface area (Å²) < 4.78 is 52.9. The summed E-state index contributed by atoms with van der Waals surface area (Å²) in [5.41, 5.74) is 4.91. The van der Waals surface area contributed by atoms with Gasteiger partial charge in [-0.15, -0.1) is 0 Å². The summed E-state index contributed by atoms with van der Waals surface area (Å²) >= 11 is 12.1. The lowest BCUT2D eigenvalue weighted by atomic mass is 9.99. The van der Waals surface area contributed by atoms with Gasteiger partial charge < -0.3 is 20.3 Å². The third-order valence-electron chi connectivity index (χ3n) is 5.05. The molecular weight excluding hydrogens is 522 g/mol. The van der Waals surface area contributed by atoms with Crippen molar-refractivity contribution in [3.8, 4) is 11.5 Å². The third kappa shape index (κ3) is 5.62. The van der Waals surface area contributed by atoms with Crippen molar-refractivity contribution in [1.82, 2.24) is 0 Å². The lowest BCUT2D eigenvalue weighted by molar-refractivity contribution is -0.116. The summed E-state index contributed by atoms with van der Waals surface area (Å²) in [6.07, 6.45) is -1.68. The normalized spacial score (nSPS) is 12.2. The fourth-order valence-electron chi connectivity index (χ4n) is 3.41. The van der Waals surface area contributed by atoms with Crippen molar-refractivity contribution in [2.75, 3.05) is 25.1 Å². The Bertz CT molecular complexity index is 1370. The van der Waals surface area contributed by atoms with Gasteiger partial charge >= 0.3 is 0 Å². The molecule has 1 atom stereocenters. The number of amides is 1. The molecule has 3 N–H and O–H groups in total. The standard InChI is InChI=1S/C23H21Cl2FN2O6S/c1-33-20-8-5-15(11-21(20)34-2)35(31,32)28(12-22(27)29)19-7-4-14(25)10-17(19)23(30)16-9-13(24)3-6-18(16)26/h3-11,23,30H,12H2,1-2H3,(H2,27,29). The number of carbonyl (C=O) groups is 1. The maximum Gasteiger partial charge on any atom is 0.264 e. The van der Waals surface area contributed by atoms with Gasteiger partial charge in [-0.05, 0) is 48.5 Å². The lowest BCUT2D eigenvalue weighted by Gasteiger charge is -2.27. The maximum atomic E-state index is 14.5. The molecule has 0 aliphatic rings. The molecule has 12 heteroatoms. The summed E-state index contributed by atoms with van der Waals surface area (Å²) in [4.78, 5) is 11.7. The summed E-state index contributed by atoms with van der Waals surface area (Å²) in [6.45, 7) is -0.782. The van der Waals surface area contributed by atoms with E-state index in [9.17, 15) is 22.7 Å². The molecule has 0 saturated carbocycles. The van der Waals surface area contributed by atoms with Crippen molar-refractivity contribution in [2.24, 2.45) is 5.73 Å². The van der Waals surface area contributed by atoms with Crippen molar-refractivity contribution in [1.29, 1.82) is 0 Å². The van der Waals surface area contributed by atoms with Crippen LogP contribution in [-0.4, -0.2) is 40.2 Å². The van der Waals surface area contributed by atoms with E-state index < -0.39 is 34.4 Å². The smallest absolute Gasteiger partial charge is 0.264 e. The van der Waals surface area contributed by atoms with E-state index in [4.69, 9.17) is 38.4 Å². The number of rotatable bonds is 9. The number of aliphatic hydroxyl groups excluding tert-OH is 1. The van der Waals surface area contributed by atoms with Crippen LogP contribution in [-0.2, 0) is 14.8 Å². The number of aliphatic hydroxyl groups is 1. The summed E-state index contributed by atoms with van der Waals surface area (Å²) in [6, 6.07) is 11.3. The Balaban J connectivity index is 2.22. The number of methoxy groups -OCH3 is 2. The van der Waals surface area contributed by atoms with Crippen LogP contribution in [0.5, 0.6) is 11.5 Å². The van der Waals surface area contributed by atoms with Gasteiger partial charge in [0.15, 0.2) is 11.5 Å². The number of hydrogen-bond acceptors (Lipinski definition) is 6. The molecule has 0 bridgehead atoms. The fraction of sp³-hybridized carbons (Fsp3) is 0.174. The first-order chi connectivity index (χ1) is 16.5. The molecule has 186 valence electrons. The highest BCUT2D eigenvalue weighted by Gasteiger charge is 2.31. The number of ether oxygens (including phenoxy) is 2. The molecule has 8 nitrogen and oxygen atoms in total. The number of carbonyl (C=O) groups excluding carboxylic acids is 1. The lowest BCUT2D eigenvalue weighted by Crippen LogP contribution is -2.39. The van der Waals surface area contributed by atoms with Crippen LogP contribution in [0.3, 0.4) is 0 Å². The number of halogens is 3. The molecule has 35 heavy (non-hydrogen) atoms. The van der Waals surface area contributed by atoms with E-state index >= 15 is 0 Å². The topological polar surface area (TPSA) is 119 Å². The average Bonchev–Trinajstić information content (AvgIpc) is 2.83. The number of hydrogen-bond donors (Lipinski definition) is 2. The predicted molar refractivity (Wildman–Crippen MR) is 130 cm³/mol. The number of anilines is 1. The van der Waals surface area contributed by atoms with E-state index in [1.807, 2.05) is 0 Å². The van der Waals surface area contributed by atoms with E-state index in [0.29, 0.717) is 4.31 Å². The highest BCUT2D eigenvalue weighted by atomic mass is 35.5. The Morgan fingerprint density at radius 1 is 1.00 bits per heavy atom. The van der Waals surface area contributed by atoms with E-state index in [1.165, 1.54) is 62.8 Å².